The Balaban J connectivity index is 1.35. The Hall–Kier alpha value is -1.55. The average molecular weight is 288 g/mol. The minimum Gasteiger partial charge on any atom is -0.488 e. The molecule has 0 aliphatic carbocycles. The highest BCUT2D eigenvalue weighted by molar-refractivity contribution is 5.75. The summed E-state index contributed by atoms with van der Waals surface area (Å²) < 4.78 is 5.82. The summed E-state index contributed by atoms with van der Waals surface area (Å²) in [6, 6.07) is 8.62. The Labute approximate surface area is 126 Å². The van der Waals surface area contributed by atoms with Gasteiger partial charge in [0.05, 0.1) is 6.54 Å². The number of fused-ring (bicyclic) bond motifs is 1. The van der Waals surface area contributed by atoms with Crippen molar-refractivity contribution in [2.24, 2.45) is 0 Å². The van der Waals surface area contributed by atoms with Gasteiger partial charge in [0.1, 0.15) is 11.9 Å². The number of hydrogen-bond acceptors (Lipinski definition) is 3. The van der Waals surface area contributed by atoms with Crippen molar-refractivity contribution in [1.29, 1.82) is 0 Å². The van der Waals surface area contributed by atoms with Crippen molar-refractivity contribution in [3.05, 3.63) is 29.8 Å². The zero-order chi connectivity index (χ0) is 14.5. The van der Waals surface area contributed by atoms with E-state index < -0.39 is 0 Å². The van der Waals surface area contributed by atoms with E-state index in [4.69, 9.17) is 4.74 Å². The van der Waals surface area contributed by atoms with Crippen molar-refractivity contribution in [3.8, 4) is 5.75 Å². The van der Waals surface area contributed by atoms with Crippen LogP contribution < -0.4 is 15.4 Å². The van der Waals surface area contributed by atoms with Gasteiger partial charge >= 0.3 is 0 Å². The quantitative estimate of drug-likeness (QED) is 0.871. The van der Waals surface area contributed by atoms with E-state index in [2.05, 4.69) is 16.7 Å². The van der Waals surface area contributed by atoms with Crippen molar-refractivity contribution in [1.82, 2.24) is 10.6 Å². The van der Waals surface area contributed by atoms with Crippen LogP contribution in [-0.2, 0) is 11.2 Å². The van der Waals surface area contributed by atoms with Crippen LogP contribution in [0, 0.1) is 0 Å². The average Bonchev–Trinajstić information content (AvgIpc) is 2.95. The van der Waals surface area contributed by atoms with Gasteiger partial charge in [0, 0.05) is 18.9 Å². The third-order valence-electron chi connectivity index (χ3n) is 4.37. The Bertz CT molecular complexity index is 458. The van der Waals surface area contributed by atoms with Crippen LogP contribution in [0.2, 0.25) is 0 Å². The Morgan fingerprint density at radius 3 is 3.05 bits per heavy atom. The van der Waals surface area contributed by atoms with Crippen LogP contribution in [-0.4, -0.2) is 31.1 Å². The lowest BCUT2D eigenvalue weighted by Gasteiger charge is -2.23. The minimum atomic E-state index is 0.0826. The SMILES string of the molecule is O=C(CCC1CCCCN1)NCC1Cc2ccccc2O1. The maximum atomic E-state index is 11.9. The molecule has 0 aromatic heterocycles. The number of nitrogens with one attached hydrogen (secondary N) is 2. The van der Waals surface area contributed by atoms with Crippen LogP contribution in [0.4, 0.5) is 0 Å². The van der Waals surface area contributed by atoms with E-state index in [0.717, 1.165) is 25.1 Å². The Morgan fingerprint density at radius 2 is 2.24 bits per heavy atom. The van der Waals surface area contributed by atoms with Crippen LogP contribution in [0.25, 0.3) is 0 Å². The molecule has 0 saturated carbocycles. The first-order chi connectivity index (χ1) is 10.3. The number of amides is 1. The number of carbonyl (C=O) groups excluding carboxylic acids is 1. The number of ether oxygens (including phenoxy) is 1. The molecule has 4 heteroatoms. The molecule has 3 rings (SSSR count). The largest absolute Gasteiger partial charge is 0.488 e. The lowest BCUT2D eigenvalue weighted by Crippen LogP contribution is -2.37. The molecule has 2 atom stereocenters. The molecule has 0 spiro atoms. The number of para-hydroxylation sites is 1. The summed E-state index contributed by atoms with van der Waals surface area (Å²) in [5.74, 6) is 1.10. The zero-order valence-electron chi connectivity index (χ0n) is 12.4. The van der Waals surface area contributed by atoms with Crippen molar-refractivity contribution < 1.29 is 9.53 Å². The van der Waals surface area contributed by atoms with Gasteiger partial charge in [0.25, 0.3) is 0 Å². The molecule has 1 aromatic rings. The van der Waals surface area contributed by atoms with Gasteiger partial charge in [-0.15, -0.1) is 0 Å². The molecule has 1 aromatic carbocycles. The molecule has 1 fully saturated rings. The van der Waals surface area contributed by atoms with Gasteiger partial charge in [-0.2, -0.15) is 0 Å². The predicted octanol–water partition coefficient (Wildman–Crippen LogP) is 2.03. The third kappa shape index (κ3) is 3.97. The van der Waals surface area contributed by atoms with Gasteiger partial charge in [-0.25, -0.2) is 0 Å². The smallest absolute Gasteiger partial charge is 0.220 e. The molecule has 0 radical (unpaired) electrons. The molecule has 2 N–H and O–H groups in total. The first-order valence-electron chi connectivity index (χ1n) is 8.06. The van der Waals surface area contributed by atoms with E-state index in [1.807, 2.05) is 18.2 Å². The lowest BCUT2D eigenvalue weighted by molar-refractivity contribution is -0.121. The van der Waals surface area contributed by atoms with Gasteiger partial charge in [0.2, 0.25) is 5.91 Å². The predicted molar refractivity (Wildman–Crippen MR) is 82.4 cm³/mol. The molecular weight excluding hydrogens is 264 g/mol. The summed E-state index contributed by atoms with van der Waals surface area (Å²) in [6.45, 7) is 1.70. The van der Waals surface area contributed by atoms with Crippen LogP contribution in [0.5, 0.6) is 5.75 Å². The fraction of sp³-hybridized carbons (Fsp3) is 0.588. The Morgan fingerprint density at radius 1 is 1.33 bits per heavy atom. The van der Waals surface area contributed by atoms with E-state index in [1.165, 1.54) is 24.8 Å². The third-order valence-corrected chi connectivity index (χ3v) is 4.37. The monoisotopic (exact) mass is 288 g/mol. The zero-order valence-corrected chi connectivity index (χ0v) is 12.4. The second-order valence-corrected chi connectivity index (χ2v) is 6.04. The number of piperidine rings is 1. The maximum Gasteiger partial charge on any atom is 0.220 e. The summed E-state index contributed by atoms with van der Waals surface area (Å²) in [5.41, 5.74) is 1.24. The van der Waals surface area contributed by atoms with E-state index in [1.54, 1.807) is 0 Å². The van der Waals surface area contributed by atoms with Gasteiger partial charge in [-0.3, -0.25) is 4.79 Å². The summed E-state index contributed by atoms with van der Waals surface area (Å²) >= 11 is 0. The van der Waals surface area contributed by atoms with Crippen molar-refractivity contribution in [2.75, 3.05) is 13.1 Å². The summed E-state index contributed by atoms with van der Waals surface area (Å²) in [5, 5.41) is 6.49. The highest BCUT2D eigenvalue weighted by Crippen LogP contribution is 2.27. The first kappa shape index (κ1) is 14.4. The van der Waals surface area contributed by atoms with Crippen LogP contribution >= 0.6 is 0 Å². The fourth-order valence-corrected chi connectivity index (χ4v) is 3.16. The van der Waals surface area contributed by atoms with Crippen molar-refractivity contribution >= 4 is 5.91 Å². The second-order valence-electron chi connectivity index (χ2n) is 6.04. The molecule has 2 aliphatic rings. The number of hydrogen-bond donors (Lipinski definition) is 2. The molecule has 2 unspecified atom stereocenters. The molecule has 2 heterocycles. The number of carbonyl (C=O) groups is 1. The molecule has 114 valence electrons. The summed E-state index contributed by atoms with van der Waals surface area (Å²) in [4.78, 5) is 11.9. The van der Waals surface area contributed by atoms with Gasteiger partial charge in [0.15, 0.2) is 0 Å². The van der Waals surface area contributed by atoms with Crippen molar-refractivity contribution in [3.63, 3.8) is 0 Å². The number of benzene rings is 1. The summed E-state index contributed by atoms with van der Waals surface area (Å²) in [7, 11) is 0. The molecule has 1 amide bonds. The van der Waals surface area contributed by atoms with Gasteiger partial charge < -0.3 is 15.4 Å². The molecule has 2 aliphatic heterocycles. The van der Waals surface area contributed by atoms with Gasteiger partial charge in [-0.05, 0) is 37.4 Å². The van der Waals surface area contributed by atoms with Crippen LogP contribution in [0.15, 0.2) is 24.3 Å². The Kier molecular flexibility index (Phi) is 4.76. The fourth-order valence-electron chi connectivity index (χ4n) is 3.16. The number of rotatable bonds is 5. The second kappa shape index (κ2) is 6.94. The van der Waals surface area contributed by atoms with Crippen LogP contribution in [0.1, 0.15) is 37.7 Å². The summed E-state index contributed by atoms with van der Waals surface area (Å²) in [6.07, 6.45) is 6.28. The topological polar surface area (TPSA) is 50.4 Å². The van der Waals surface area contributed by atoms with E-state index in [-0.39, 0.29) is 12.0 Å². The normalized spacial score (nSPS) is 24.2. The molecule has 1 saturated heterocycles. The molecule has 21 heavy (non-hydrogen) atoms. The standard InChI is InChI=1S/C17H24N2O2/c20-17(9-8-14-6-3-4-10-18-14)19-12-15-11-13-5-1-2-7-16(13)21-15/h1-2,5,7,14-15,18H,3-4,6,8-12H2,(H,19,20). The van der Waals surface area contributed by atoms with E-state index >= 15 is 0 Å². The van der Waals surface area contributed by atoms with Gasteiger partial charge in [-0.1, -0.05) is 24.6 Å². The van der Waals surface area contributed by atoms with E-state index in [0.29, 0.717) is 19.0 Å². The minimum absolute atomic E-state index is 0.0826. The highest BCUT2D eigenvalue weighted by atomic mass is 16.5. The first-order valence-corrected chi connectivity index (χ1v) is 8.06. The van der Waals surface area contributed by atoms with E-state index in [9.17, 15) is 4.79 Å². The lowest BCUT2D eigenvalue weighted by atomic mass is 10.0. The molecular formula is C17H24N2O2. The molecule has 0 bridgehead atoms. The maximum absolute atomic E-state index is 11.9. The van der Waals surface area contributed by atoms with Crippen LogP contribution in [0.3, 0.4) is 0 Å². The highest BCUT2D eigenvalue weighted by Gasteiger charge is 2.22. The molecule has 4 nitrogen and oxygen atoms in total. The van der Waals surface area contributed by atoms with Crippen molar-refractivity contribution in [2.45, 2.75) is 50.7 Å².